The SMILES string of the molecule is CCC(CC)C(C)NC(=O)CCCCCl. The van der Waals surface area contributed by atoms with Crippen molar-refractivity contribution >= 4 is 17.5 Å². The molecule has 1 atom stereocenters. The first-order valence-electron chi connectivity index (χ1n) is 6.01. The van der Waals surface area contributed by atoms with Crippen molar-refractivity contribution in [3.63, 3.8) is 0 Å². The summed E-state index contributed by atoms with van der Waals surface area (Å²) >= 11 is 5.55. The summed E-state index contributed by atoms with van der Waals surface area (Å²) < 4.78 is 0. The lowest BCUT2D eigenvalue weighted by Gasteiger charge is -2.22. The predicted octanol–water partition coefficient (Wildman–Crippen LogP) is 3.34. The summed E-state index contributed by atoms with van der Waals surface area (Å²) in [4.78, 5) is 11.5. The summed E-state index contributed by atoms with van der Waals surface area (Å²) in [5.74, 6) is 1.41. The Morgan fingerprint density at radius 3 is 2.33 bits per heavy atom. The number of halogens is 1. The minimum Gasteiger partial charge on any atom is -0.353 e. The van der Waals surface area contributed by atoms with Crippen LogP contribution in [-0.2, 0) is 4.79 Å². The molecule has 0 aromatic carbocycles. The third-order valence-electron chi connectivity index (χ3n) is 2.93. The number of hydrogen-bond donors (Lipinski definition) is 1. The fourth-order valence-electron chi connectivity index (χ4n) is 1.82. The third-order valence-corrected chi connectivity index (χ3v) is 3.20. The summed E-state index contributed by atoms with van der Waals surface area (Å²) in [6.07, 6.45) is 4.68. The van der Waals surface area contributed by atoms with Gasteiger partial charge in [0.15, 0.2) is 0 Å². The van der Waals surface area contributed by atoms with E-state index in [1.807, 2.05) is 0 Å². The topological polar surface area (TPSA) is 29.1 Å². The molecule has 0 fully saturated rings. The fourth-order valence-corrected chi connectivity index (χ4v) is 2.01. The molecule has 0 aliphatic rings. The first kappa shape index (κ1) is 14.8. The van der Waals surface area contributed by atoms with Crippen molar-refractivity contribution in [2.75, 3.05) is 5.88 Å². The highest BCUT2D eigenvalue weighted by Crippen LogP contribution is 2.12. The van der Waals surface area contributed by atoms with Crippen LogP contribution in [0.4, 0.5) is 0 Å². The molecule has 15 heavy (non-hydrogen) atoms. The number of amides is 1. The van der Waals surface area contributed by atoms with Gasteiger partial charge in [-0.1, -0.05) is 26.7 Å². The second-order valence-electron chi connectivity index (χ2n) is 4.08. The summed E-state index contributed by atoms with van der Waals surface area (Å²) in [6, 6.07) is 0.295. The standard InChI is InChI=1S/C12H24ClNO/c1-4-11(5-2)10(3)14-12(15)8-6-7-9-13/h10-11H,4-9H2,1-3H3,(H,14,15). The second-order valence-corrected chi connectivity index (χ2v) is 4.46. The highest BCUT2D eigenvalue weighted by atomic mass is 35.5. The van der Waals surface area contributed by atoms with E-state index in [-0.39, 0.29) is 5.91 Å². The van der Waals surface area contributed by atoms with Gasteiger partial charge in [0.05, 0.1) is 0 Å². The Bertz CT molecular complexity index is 169. The van der Waals surface area contributed by atoms with Crippen LogP contribution in [0, 0.1) is 5.92 Å². The van der Waals surface area contributed by atoms with Crippen LogP contribution in [0.2, 0.25) is 0 Å². The average molecular weight is 234 g/mol. The van der Waals surface area contributed by atoms with Gasteiger partial charge in [-0.3, -0.25) is 4.79 Å². The van der Waals surface area contributed by atoms with Crippen LogP contribution < -0.4 is 5.32 Å². The summed E-state index contributed by atoms with van der Waals surface area (Å²) in [5.41, 5.74) is 0. The summed E-state index contributed by atoms with van der Waals surface area (Å²) in [6.45, 7) is 6.44. The van der Waals surface area contributed by atoms with Crippen molar-refractivity contribution in [2.45, 2.75) is 58.9 Å². The first-order valence-corrected chi connectivity index (χ1v) is 6.54. The normalized spacial score (nSPS) is 12.9. The van der Waals surface area contributed by atoms with Gasteiger partial charge < -0.3 is 5.32 Å². The molecule has 0 aliphatic heterocycles. The van der Waals surface area contributed by atoms with Crippen molar-refractivity contribution in [2.24, 2.45) is 5.92 Å². The van der Waals surface area contributed by atoms with Gasteiger partial charge in [-0.25, -0.2) is 0 Å². The van der Waals surface area contributed by atoms with E-state index in [1.54, 1.807) is 0 Å². The highest BCUT2D eigenvalue weighted by molar-refractivity contribution is 6.17. The van der Waals surface area contributed by atoms with Crippen LogP contribution in [-0.4, -0.2) is 17.8 Å². The quantitative estimate of drug-likeness (QED) is 0.506. The Balaban J connectivity index is 3.74. The van der Waals surface area contributed by atoms with Crippen molar-refractivity contribution in [1.29, 1.82) is 0 Å². The average Bonchev–Trinajstić information content (AvgIpc) is 2.20. The molecule has 90 valence electrons. The molecule has 1 N–H and O–H groups in total. The molecule has 2 nitrogen and oxygen atoms in total. The maximum absolute atomic E-state index is 11.5. The summed E-state index contributed by atoms with van der Waals surface area (Å²) in [7, 11) is 0. The number of hydrogen-bond acceptors (Lipinski definition) is 1. The molecular formula is C12H24ClNO. The number of rotatable bonds is 8. The molecule has 3 heteroatoms. The lowest BCUT2D eigenvalue weighted by Crippen LogP contribution is -2.37. The van der Waals surface area contributed by atoms with Gasteiger partial charge in [0.1, 0.15) is 0 Å². The smallest absolute Gasteiger partial charge is 0.220 e. The molecule has 1 amide bonds. The van der Waals surface area contributed by atoms with Gasteiger partial charge in [0.25, 0.3) is 0 Å². The molecule has 0 aromatic heterocycles. The molecule has 0 spiro atoms. The van der Waals surface area contributed by atoms with Gasteiger partial charge in [-0.05, 0) is 25.7 Å². The molecule has 0 saturated carbocycles. The molecule has 0 aliphatic carbocycles. The maximum Gasteiger partial charge on any atom is 0.220 e. The molecule has 0 bridgehead atoms. The van der Waals surface area contributed by atoms with E-state index in [0.717, 1.165) is 25.7 Å². The Morgan fingerprint density at radius 2 is 1.87 bits per heavy atom. The van der Waals surface area contributed by atoms with Crippen molar-refractivity contribution in [1.82, 2.24) is 5.32 Å². The molecule has 0 rings (SSSR count). The predicted molar refractivity (Wildman–Crippen MR) is 66.2 cm³/mol. The minimum atomic E-state index is 0.166. The molecule has 0 heterocycles. The number of nitrogens with one attached hydrogen (secondary N) is 1. The van der Waals surface area contributed by atoms with E-state index in [0.29, 0.717) is 24.3 Å². The van der Waals surface area contributed by atoms with Crippen LogP contribution in [0.5, 0.6) is 0 Å². The lowest BCUT2D eigenvalue weighted by atomic mass is 9.95. The van der Waals surface area contributed by atoms with Gasteiger partial charge >= 0.3 is 0 Å². The van der Waals surface area contributed by atoms with Crippen molar-refractivity contribution < 1.29 is 4.79 Å². The maximum atomic E-state index is 11.5. The Hall–Kier alpha value is -0.240. The Kier molecular flexibility index (Phi) is 8.88. The zero-order valence-corrected chi connectivity index (χ0v) is 10.9. The van der Waals surface area contributed by atoms with E-state index in [4.69, 9.17) is 11.6 Å². The monoisotopic (exact) mass is 233 g/mol. The minimum absolute atomic E-state index is 0.166. The van der Waals surface area contributed by atoms with Crippen LogP contribution in [0.1, 0.15) is 52.9 Å². The van der Waals surface area contributed by atoms with E-state index in [2.05, 4.69) is 26.1 Å². The lowest BCUT2D eigenvalue weighted by molar-refractivity contribution is -0.122. The van der Waals surface area contributed by atoms with E-state index < -0.39 is 0 Å². The third kappa shape index (κ3) is 6.77. The molecule has 1 unspecified atom stereocenters. The number of unbranched alkanes of at least 4 members (excludes halogenated alkanes) is 1. The zero-order valence-electron chi connectivity index (χ0n) is 10.2. The van der Waals surface area contributed by atoms with Crippen LogP contribution in [0.15, 0.2) is 0 Å². The fraction of sp³-hybridized carbons (Fsp3) is 0.917. The van der Waals surface area contributed by atoms with Gasteiger partial charge in [-0.15, -0.1) is 11.6 Å². The zero-order chi connectivity index (χ0) is 11.7. The Morgan fingerprint density at radius 1 is 1.27 bits per heavy atom. The number of alkyl halides is 1. The van der Waals surface area contributed by atoms with Crippen LogP contribution in [0.25, 0.3) is 0 Å². The molecule has 0 aromatic rings. The number of carbonyl (C=O) groups excluding carboxylic acids is 1. The van der Waals surface area contributed by atoms with Gasteiger partial charge in [0.2, 0.25) is 5.91 Å². The van der Waals surface area contributed by atoms with Crippen LogP contribution >= 0.6 is 11.6 Å². The first-order chi connectivity index (χ1) is 7.15. The number of carbonyl (C=O) groups is 1. The van der Waals surface area contributed by atoms with Gasteiger partial charge in [0, 0.05) is 18.3 Å². The molecule has 0 saturated heterocycles. The molecular weight excluding hydrogens is 210 g/mol. The van der Waals surface area contributed by atoms with E-state index in [1.165, 1.54) is 0 Å². The van der Waals surface area contributed by atoms with E-state index in [9.17, 15) is 4.79 Å². The van der Waals surface area contributed by atoms with Crippen molar-refractivity contribution in [3.8, 4) is 0 Å². The highest BCUT2D eigenvalue weighted by Gasteiger charge is 2.15. The van der Waals surface area contributed by atoms with Crippen molar-refractivity contribution in [3.05, 3.63) is 0 Å². The van der Waals surface area contributed by atoms with E-state index >= 15 is 0 Å². The van der Waals surface area contributed by atoms with Crippen LogP contribution in [0.3, 0.4) is 0 Å². The largest absolute Gasteiger partial charge is 0.353 e. The van der Waals surface area contributed by atoms with Gasteiger partial charge in [-0.2, -0.15) is 0 Å². The molecule has 0 radical (unpaired) electrons. The summed E-state index contributed by atoms with van der Waals surface area (Å²) in [5, 5.41) is 3.06. The Labute approximate surface area is 98.8 Å². The second kappa shape index (κ2) is 9.02.